The molecule has 23 heavy (non-hydrogen) atoms. The molecule has 2 nitrogen and oxygen atoms in total. The van der Waals surface area contributed by atoms with E-state index in [1.807, 2.05) is 36.4 Å². The van der Waals surface area contributed by atoms with Gasteiger partial charge >= 0.3 is 0 Å². The van der Waals surface area contributed by atoms with E-state index in [2.05, 4.69) is 24.4 Å². The quantitative estimate of drug-likeness (QED) is 0.704. The molecule has 1 fully saturated rings. The van der Waals surface area contributed by atoms with Crippen LogP contribution in [-0.4, -0.2) is 13.2 Å². The Kier molecular flexibility index (Phi) is 4.85. The van der Waals surface area contributed by atoms with Crippen molar-refractivity contribution in [1.29, 1.82) is 0 Å². The molecule has 0 aromatic heterocycles. The topological polar surface area (TPSA) is 18.5 Å². The number of methoxy groups -OCH3 is 1. The minimum absolute atomic E-state index is 0.298. The van der Waals surface area contributed by atoms with Crippen LogP contribution in [0.1, 0.15) is 36.8 Å². The summed E-state index contributed by atoms with van der Waals surface area (Å²) in [6, 6.07) is 16.2. The summed E-state index contributed by atoms with van der Waals surface area (Å²) < 4.78 is 11.6. The molecule has 0 unspecified atom stereocenters. The Labute approximate surface area is 138 Å². The van der Waals surface area contributed by atoms with Gasteiger partial charge in [0.2, 0.25) is 0 Å². The predicted molar refractivity (Wildman–Crippen MR) is 94.0 cm³/mol. The minimum atomic E-state index is 0.298. The van der Waals surface area contributed by atoms with E-state index in [4.69, 9.17) is 9.47 Å². The third-order valence-corrected chi connectivity index (χ3v) is 4.29. The lowest BCUT2D eigenvalue weighted by Crippen LogP contribution is -2.11. The van der Waals surface area contributed by atoms with Crippen molar-refractivity contribution >= 4 is 5.57 Å². The summed E-state index contributed by atoms with van der Waals surface area (Å²) in [7, 11) is 1.68. The van der Waals surface area contributed by atoms with Gasteiger partial charge in [0.05, 0.1) is 13.2 Å². The lowest BCUT2D eigenvalue weighted by atomic mass is 9.98. The van der Waals surface area contributed by atoms with Crippen molar-refractivity contribution in [3.63, 3.8) is 0 Å². The van der Waals surface area contributed by atoms with Crippen LogP contribution in [0.2, 0.25) is 0 Å². The first-order chi connectivity index (χ1) is 11.3. The Bertz CT molecular complexity index is 706. The highest BCUT2D eigenvalue weighted by molar-refractivity contribution is 5.80. The van der Waals surface area contributed by atoms with E-state index >= 15 is 0 Å². The Morgan fingerprint density at radius 3 is 2.39 bits per heavy atom. The highest BCUT2D eigenvalue weighted by Crippen LogP contribution is 2.35. The minimum Gasteiger partial charge on any atom is -0.493 e. The average molecular weight is 306 g/mol. The Hall–Kier alpha value is -2.44. The third kappa shape index (κ3) is 3.49. The first-order valence-corrected chi connectivity index (χ1v) is 8.12. The number of hydrogen-bond acceptors (Lipinski definition) is 2. The average Bonchev–Trinajstić information content (AvgIpc) is 3.10. The summed E-state index contributed by atoms with van der Waals surface area (Å²) >= 11 is 0. The van der Waals surface area contributed by atoms with Gasteiger partial charge in [-0.05, 0) is 55.0 Å². The van der Waals surface area contributed by atoms with Gasteiger partial charge in [0.1, 0.15) is 0 Å². The van der Waals surface area contributed by atoms with Crippen LogP contribution in [0.25, 0.3) is 5.57 Å². The predicted octanol–water partition coefficient (Wildman–Crippen LogP) is 5.23. The number of rotatable bonds is 5. The van der Waals surface area contributed by atoms with Crippen molar-refractivity contribution in [2.24, 2.45) is 0 Å². The van der Waals surface area contributed by atoms with Gasteiger partial charge < -0.3 is 9.47 Å². The molecule has 0 saturated heterocycles. The highest BCUT2D eigenvalue weighted by Gasteiger charge is 2.19. The number of ether oxygens (including phenoxy) is 2. The van der Waals surface area contributed by atoms with Crippen LogP contribution >= 0.6 is 0 Å². The maximum atomic E-state index is 6.18. The van der Waals surface area contributed by atoms with Gasteiger partial charge in [-0.25, -0.2) is 0 Å². The highest BCUT2D eigenvalue weighted by atomic mass is 16.5. The standard InChI is InChI=1S/C21H22O2/c1-3-19(16-9-5-4-6-10-16)17-13-14-20(22-2)21(15-17)23-18-11-7-8-12-18/h4-6,9-10,13-15,18H,1,7-8,11-12H2,2H3. The molecule has 2 aromatic carbocycles. The summed E-state index contributed by atoms with van der Waals surface area (Å²) in [5.41, 5.74) is 6.18. The van der Waals surface area contributed by atoms with Crippen molar-refractivity contribution in [2.45, 2.75) is 31.8 Å². The SMILES string of the molecule is C=C=C(c1ccccc1)c1ccc(OC)c(OC2CCCC2)c1. The number of hydrogen-bond donors (Lipinski definition) is 0. The third-order valence-electron chi connectivity index (χ3n) is 4.29. The van der Waals surface area contributed by atoms with Gasteiger partial charge in [-0.15, -0.1) is 5.73 Å². The van der Waals surface area contributed by atoms with E-state index in [9.17, 15) is 0 Å². The molecule has 0 aliphatic heterocycles. The zero-order chi connectivity index (χ0) is 16.1. The van der Waals surface area contributed by atoms with E-state index in [-0.39, 0.29) is 0 Å². The van der Waals surface area contributed by atoms with Crippen molar-refractivity contribution in [1.82, 2.24) is 0 Å². The van der Waals surface area contributed by atoms with Gasteiger partial charge in [-0.3, -0.25) is 0 Å². The van der Waals surface area contributed by atoms with Gasteiger partial charge in [0.25, 0.3) is 0 Å². The van der Waals surface area contributed by atoms with Crippen LogP contribution in [-0.2, 0) is 0 Å². The van der Waals surface area contributed by atoms with Crippen molar-refractivity contribution in [3.05, 3.63) is 72.0 Å². The summed E-state index contributed by atoms with van der Waals surface area (Å²) in [5.74, 6) is 1.58. The first-order valence-electron chi connectivity index (χ1n) is 8.12. The molecule has 0 bridgehead atoms. The molecule has 0 amide bonds. The summed E-state index contributed by atoms with van der Waals surface area (Å²) in [6.45, 7) is 3.86. The molecule has 1 aliphatic carbocycles. The van der Waals surface area contributed by atoms with E-state index in [0.717, 1.165) is 41.0 Å². The van der Waals surface area contributed by atoms with Gasteiger partial charge in [0.15, 0.2) is 11.5 Å². The molecule has 0 spiro atoms. The van der Waals surface area contributed by atoms with Crippen LogP contribution < -0.4 is 9.47 Å². The van der Waals surface area contributed by atoms with Gasteiger partial charge in [-0.1, -0.05) is 36.9 Å². The first kappa shape index (κ1) is 15.5. The van der Waals surface area contributed by atoms with Crippen LogP contribution in [0.4, 0.5) is 0 Å². The van der Waals surface area contributed by atoms with Crippen LogP contribution in [0.5, 0.6) is 11.5 Å². The van der Waals surface area contributed by atoms with Crippen molar-refractivity contribution in [2.75, 3.05) is 7.11 Å². The maximum absolute atomic E-state index is 6.18. The molecule has 0 N–H and O–H groups in total. The van der Waals surface area contributed by atoms with Crippen LogP contribution in [0.3, 0.4) is 0 Å². The normalized spacial score (nSPS) is 14.3. The lowest BCUT2D eigenvalue weighted by Gasteiger charge is -2.17. The van der Waals surface area contributed by atoms with Crippen LogP contribution in [0, 0.1) is 0 Å². The fourth-order valence-corrected chi connectivity index (χ4v) is 3.09. The van der Waals surface area contributed by atoms with Gasteiger partial charge in [-0.2, -0.15) is 0 Å². The van der Waals surface area contributed by atoms with E-state index in [0.29, 0.717) is 6.10 Å². The Morgan fingerprint density at radius 1 is 1.00 bits per heavy atom. The second kappa shape index (κ2) is 7.21. The molecule has 1 saturated carbocycles. The molecule has 0 radical (unpaired) electrons. The molecule has 2 heteroatoms. The van der Waals surface area contributed by atoms with E-state index in [1.165, 1.54) is 12.8 Å². The molecule has 0 heterocycles. The van der Waals surface area contributed by atoms with Crippen molar-refractivity contribution in [3.8, 4) is 11.5 Å². The monoisotopic (exact) mass is 306 g/mol. The zero-order valence-electron chi connectivity index (χ0n) is 13.5. The van der Waals surface area contributed by atoms with Crippen molar-refractivity contribution < 1.29 is 9.47 Å². The maximum Gasteiger partial charge on any atom is 0.162 e. The summed E-state index contributed by atoms with van der Waals surface area (Å²) in [4.78, 5) is 0. The fraction of sp³-hybridized carbons (Fsp3) is 0.286. The van der Waals surface area contributed by atoms with Gasteiger partial charge in [0, 0.05) is 5.57 Å². The molecular formula is C21H22O2. The smallest absolute Gasteiger partial charge is 0.162 e. The number of benzene rings is 2. The summed E-state index contributed by atoms with van der Waals surface area (Å²) in [5, 5.41) is 0. The Morgan fingerprint density at radius 2 is 1.74 bits per heavy atom. The molecule has 3 rings (SSSR count). The second-order valence-corrected chi connectivity index (χ2v) is 5.81. The zero-order valence-corrected chi connectivity index (χ0v) is 13.5. The molecule has 2 aromatic rings. The Balaban J connectivity index is 1.94. The molecule has 118 valence electrons. The largest absolute Gasteiger partial charge is 0.493 e. The lowest BCUT2D eigenvalue weighted by molar-refractivity contribution is 0.201. The summed E-state index contributed by atoms with van der Waals surface area (Å²) in [6.07, 6.45) is 5.03. The van der Waals surface area contributed by atoms with E-state index in [1.54, 1.807) is 7.11 Å². The molecular weight excluding hydrogens is 284 g/mol. The fourth-order valence-electron chi connectivity index (χ4n) is 3.09. The second-order valence-electron chi connectivity index (χ2n) is 5.81. The van der Waals surface area contributed by atoms with Crippen LogP contribution in [0.15, 0.2) is 60.8 Å². The van der Waals surface area contributed by atoms with E-state index < -0.39 is 0 Å². The molecule has 1 aliphatic rings. The molecule has 0 atom stereocenters.